The monoisotopic (exact) mass is 516 g/mol. The maximum Gasteiger partial charge on any atom is 0.271 e. The third-order valence-corrected chi connectivity index (χ3v) is 7.48. The fraction of sp³-hybridized carbons (Fsp3) is 0.214. The van der Waals surface area contributed by atoms with E-state index >= 15 is 0 Å². The molecular weight excluding hydrogens is 492 g/mol. The summed E-state index contributed by atoms with van der Waals surface area (Å²) in [4.78, 5) is 37.1. The molecule has 2 amide bonds. The number of thioether (sulfide) groups is 1. The van der Waals surface area contributed by atoms with E-state index in [1.807, 2.05) is 90.7 Å². The number of amidine groups is 2. The van der Waals surface area contributed by atoms with Gasteiger partial charge >= 0.3 is 0 Å². The highest BCUT2D eigenvalue weighted by Gasteiger charge is 2.42. The number of para-hydroxylation sites is 1. The fourth-order valence-corrected chi connectivity index (χ4v) is 5.37. The van der Waals surface area contributed by atoms with Crippen LogP contribution >= 0.6 is 23.4 Å². The normalized spacial score (nSPS) is 17.1. The summed E-state index contributed by atoms with van der Waals surface area (Å²) < 4.78 is 0. The molecule has 0 spiro atoms. The highest BCUT2D eigenvalue weighted by atomic mass is 35.5. The Balaban J connectivity index is 1.32. The number of nitrogens with one attached hydrogen (secondary N) is 1. The summed E-state index contributed by atoms with van der Waals surface area (Å²) in [5, 5.41) is 3.90. The van der Waals surface area contributed by atoms with E-state index < -0.39 is 11.3 Å². The van der Waals surface area contributed by atoms with Crippen LogP contribution in [0.2, 0.25) is 5.02 Å². The van der Waals surface area contributed by atoms with Crippen LogP contribution in [0, 0.1) is 0 Å². The fourth-order valence-electron chi connectivity index (χ4n) is 4.26. The van der Waals surface area contributed by atoms with Gasteiger partial charge < -0.3 is 5.32 Å². The second kappa shape index (κ2) is 10.7. The number of amides is 2. The third-order valence-electron chi connectivity index (χ3n) is 6.16. The molecule has 0 radical (unpaired) electrons. The van der Waals surface area contributed by atoms with Crippen molar-refractivity contribution in [1.29, 1.82) is 0 Å². The molecule has 0 fully saturated rings. The molecule has 6 nitrogen and oxygen atoms in total. The molecule has 2 heterocycles. The predicted molar refractivity (Wildman–Crippen MR) is 146 cm³/mol. The highest BCUT2D eigenvalue weighted by molar-refractivity contribution is 8.14. The molecule has 0 aromatic heterocycles. The zero-order valence-electron chi connectivity index (χ0n) is 19.7. The lowest BCUT2D eigenvalue weighted by Crippen LogP contribution is -2.46. The molecule has 2 unspecified atom stereocenters. The Morgan fingerprint density at radius 2 is 1.72 bits per heavy atom. The first kappa shape index (κ1) is 24.3. The Kier molecular flexibility index (Phi) is 7.20. The number of nitrogens with zero attached hydrogens (tertiary/aromatic N) is 3. The highest BCUT2D eigenvalue weighted by Crippen LogP contribution is 2.36. The number of rotatable bonds is 7. The van der Waals surface area contributed by atoms with Gasteiger partial charge in [-0.15, -0.1) is 0 Å². The summed E-state index contributed by atoms with van der Waals surface area (Å²) in [5.74, 6) is 0.322. The molecule has 36 heavy (non-hydrogen) atoms. The number of carbonyl (C=O) groups is 2. The summed E-state index contributed by atoms with van der Waals surface area (Å²) in [6.45, 7) is 2.37. The molecule has 2 aliphatic rings. The van der Waals surface area contributed by atoms with E-state index in [1.54, 1.807) is 0 Å². The molecule has 8 heteroatoms. The lowest BCUT2D eigenvalue weighted by molar-refractivity contribution is -0.120. The van der Waals surface area contributed by atoms with Gasteiger partial charge in [0.05, 0.1) is 10.9 Å². The van der Waals surface area contributed by atoms with Crippen molar-refractivity contribution in [2.24, 2.45) is 9.98 Å². The van der Waals surface area contributed by atoms with Gasteiger partial charge in [0.1, 0.15) is 11.9 Å². The first-order chi connectivity index (χ1) is 17.5. The van der Waals surface area contributed by atoms with Crippen LogP contribution in [0.1, 0.15) is 23.6 Å². The Morgan fingerprint density at radius 1 is 1.00 bits per heavy atom. The average molecular weight is 517 g/mol. The van der Waals surface area contributed by atoms with Crippen LogP contribution in [0.5, 0.6) is 0 Å². The zero-order chi connectivity index (χ0) is 25.1. The summed E-state index contributed by atoms with van der Waals surface area (Å²) in [7, 11) is 0. The van der Waals surface area contributed by atoms with Gasteiger partial charge in [-0.25, -0.2) is 4.99 Å². The molecule has 0 aliphatic carbocycles. The summed E-state index contributed by atoms with van der Waals surface area (Å²) in [6, 6.07) is 24.6. The first-order valence-corrected chi connectivity index (χ1v) is 13.1. The molecule has 182 valence electrons. The third kappa shape index (κ3) is 5.22. The zero-order valence-corrected chi connectivity index (χ0v) is 21.3. The summed E-state index contributed by atoms with van der Waals surface area (Å²) in [5.41, 5.74) is 3.72. The van der Waals surface area contributed by atoms with Gasteiger partial charge in [-0.2, -0.15) is 4.99 Å². The van der Waals surface area contributed by atoms with Gasteiger partial charge in [0.2, 0.25) is 5.91 Å². The van der Waals surface area contributed by atoms with E-state index in [1.165, 1.54) is 11.8 Å². The largest absolute Gasteiger partial charge is 0.355 e. The summed E-state index contributed by atoms with van der Waals surface area (Å²) >= 11 is 7.29. The van der Waals surface area contributed by atoms with E-state index in [-0.39, 0.29) is 11.8 Å². The second-order valence-electron chi connectivity index (χ2n) is 8.69. The smallest absolute Gasteiger partial charge is 0.271 e. The maximum atomic E-state index is 13.0. The quantitative estimate of drug-likeness (QED) is 0.478. The number of fused-ring (bicyclic) bond motifs is 3. The number of carbonyl (C=O) groups excluding carboxylic acids is 2. The standard InChI is InChI=1S/C28H25ClN4O2S/c1-18(26(34)30-16-15-19-11-13-21(29)14-12-19)36-28-31-23-10-6-5-9-22(23)25-32-27(35)24(33(25)28)17-20-7-3-2-4-8-20/h2-14,18,24H,15-17H2,1H3,(H,30,34). The van der Waals surface area contributed by atoms with Crippen molar-refractivity contribution in [2.45, 2.75) is 31.1 Å². The minimum Gasteiger partial charge on any atom is -0.355 e. The van der Waals surface area contributed by atoms with Crippen LogP contribution in [-0.4, -0.2) is 45.6 Å². The van der Waals surface area contributed by atoms with Gasteiger partial charge in [0.25, 0.3) is 5.91 Å². The molecule has 3 aromatic carbocycles. The van der Waals surface area contributed by atoms with E-state index in [2.05, 4.69) is 10.3 Å². The lowest BCUT2D eigenvalue weighted by atomic mass is 10.0. The van der Waals surface area contributed by atoms with E-state index in [0.717, 1.165) is 22.4 Å². The van der Waals surface area contributed by atoms with Crippen molar-refractivity contribution >= 4 is 51.9 Å². The molecule has 5 rings (SSSR count). The SMILES string of the molecule is CC(SC1=Nc2ccccc2C2=NC(=O)C(Cc3ccccc3)N12)C(=O)NCCc1ccc(Cl)cc1. The van der Waals surface area contributed by atoms with Crippen LogP contribution in [-0.2, 0) is 22.4 Å². The Labute approximate surface area is 219 Å². The topological polar surface area (TPSA) is 74.1 Å². The number of hydrogen-bond acceptors (Lipinski definition) is 5. The van der Waals surface area contributed by atoms with Crippen molar-refractivity contribution in [2.75, 3.05) is 6.54 Å². The van der Waals surface area contributed by atoms with Gasteiger partial charge in [-0.05, 0) is 48.7 Å². The van der Waals surface area contributed by atoms with Gasteiger partial charge in [0.15, 0.2) is 5.17 Å². The first-order valence-electron chi connectivity index (χ1n) is 11.8. The molecular formula is C28H25ClN4O2S. The number of benzene rings is 3. The minimum atomic E-state index is -0.498. The minimum absolute atomic E-state index is 0.0841. The van der Waals surface area contributed by atoms with Crippen LogP contribution in [0.15, 0.2) is 88.8 Å². The molecule has 0 saturated carbocycles. The second-order valence-corrected chi connectivity index (χ2v) is 10.4. The van der Waals surface area contributed by atoms with Crippen molar-refractivity contribution in [1.82, 2.24) is 10.2 Å². The molecule has 3 aromatic rings. The van der Waals surface area contributed by atoms with E-state index in [0.29, 0.717) is 35.4 Å². The Morgan fingerprint density at radius 3 is 2.50 bits per heavy atom. The van der Waals surface area contributed by atoms with Gasteiger partial charge in [0, 0.05) is 23.6 Å². The van der Waals surface area contributed by atoms with Crippen LogP contribution in [0.25, 0.3) is 0 Å². The Hall–Kier alpha value is -3.42. The van der Waals surface area contributed by atoms with Crippen molar-refractivity contribution in [3.05, 3.63) is 101 Å². The predicted octanol–water partition coefficient (Wildman–Crippen LogP) is 5.02. The molecule has 2 aliphatic heterocycles. The molecule has 0 saturated heterocycles. The van der Waals surface area contributed by atoms with Gasteiger partial charge in [-0.1, -0.05) is 78.0 Å². The van der Waals surface area contributed by atoms with Crippen molar-refractivity contribution < 1.29 is 9.59 Å². The van der Waals surface area contributed by atoms with Crippen LogP contribution < -0.4 is 5.32 Å². The van der Waals surface area contributed by atoms with Crippen molar-refractivity contribution in [3.63, 3.8) is 0 Å². The number of aliphatic imine (C=N–C) groups is 2. The molecule has 1 N–H and O–H groups in total. The van der Waals surface area contributed by atoms with Crippen LogP contribution in [0.4, 0.5) is 5.69 Å². The van der Waals surface area contributed by atoms with Crippen molar-refractivity contribution in [3.8, 4) is 0 Å². The van der Waals surface area contributed by atoms with Crippen LogP contribution in [0.3, 0.4) is 0 Å². The molecule has 2 atom stereocenters. The molecule has 0 bridgehead atoms. The number of hydrogen-bond donors (Lipinski definition) is 1. The summed E-state index contributed by atoms with van der Waals surface area (Å²) in [6.07, 6.45) is 1.22. The number of halogens is 1. The maximum absolute atomic E-state index is 13.0. The van der Waals surface area contributed by atoms with Gasteiger partial charge in [-0.3, -0.25) is 14.5 Å². The van der Waals surface area contributed by atoms with E-state index in [9.17, 15) is 9.59 Å². The average Bonchev–Trinajstić information content (AvgIpc) is 3.22. The van der Waals surface area contributed by atoms with E-state index in [4.69, 9.17) is 16.6 Å². The Bertz CT molecular complexity index is 1340. The lowest BCUT2D eigenvalue weighted by Gasteiger charge is -2.32.